The molecule has 0 bridgehead atoms. The Balaban J connectivity index is 2.36. The van der Waals surface area contributed by atoms with Gasteiger partial charge in [0.2, 0.25) is 0 Å². The van der Waals surface area contributed by atoms with E-state index in [2.05, 4.69) is 6.07 Å². The molecule has 0 aliphatic carbocycles. The molecule has 14 heavy (non-hydrogen) atoms. The number of hydrogen-bond donors (Lipinski definition) is 0. The molecule has 1 heterocycles. The molecule has 0 N–H and O–H groups in total. The van der Waals surface area contributed by atoms with Crippen molar-refractivity contribution < 1.29 is 14.2 Å². The van der Waals surface area contributed by atoms with Gasteiger partial charge in [-0.2, -0.15) is 0 Å². The first-order chi connectivity index (χ1) is 6.81. The van der Waals surface area contributed by atoms with Crippen LogP contribution in [0.15, 0.2) is 12.1 Å². The standard InChI is InChI=1S/C11H14O3/c1-8-5-9(7-12-2)6-10-11(8)14-4-3-13-10/h5-6H,3-4,7H2,1-2H3. The number of rotatable bonds is 2. The number of methoxy groups -OCH3 is 1. The third-order valence-electron chi connectivity index (χ3n) is 2.20. The number of fused-ring (bicyclic) bond motifs is 1. The molecule has 1 aromatic carbocycles. The van der Waals surface area contributed by atoms with Gasteiger partial charge in [0, 0.05) is 7.11 Å². The highest BCUT2D eigenvalue weighted by Gasteiger charge is 2.14. The monoisotopic (exact) mass is 194 g/mol. The molecule has 0 amide bonds. The third-order valence-corrected chi connectivity index (χ3v) is 2.20. The van der Waals surface area contributed by atoms with Crippen molar-refractivity contribution in [3.63, 3.8) is 0 Å². The lowest BCUT2D eigenvalue weighted by atomic mass is 10.1. The third kappa shape index (κ3) is 1.68. The van der Waals surface area contributed by atoms with E-state index in [1.54, 1.807) is 7.11 Å². The van der Waals surface area contributed by atoms with E-state index < -0.39 is 0 Å². The van der Waals surface area contributed by atoms with Crippen molar-refractivity contribution in [3.05, 3.63) is 23.3 Å². The molecule has 0 aromatic heterocycles. The molecule has 1 aliphatic heterocycles. The molecule has 0 saturated carbocycles. The summed E-state index contributed by atoms with van der Waals surface area (Å²) in [7, 11) is 1.69. The van der Waals surface area contributed by atoms with Gasteiger partial charge < -0.3 is 14.2 Å². The topological polar surface area (TPSA) is 27.7 Å². The van der Waals surface area contributed by atoms with Crippen LogP contribution in [0.25, 0.3) is 0 Å². The van der Waals surface area contributed by atoms with Crippen LogP contribution in [-0.4, -0.2) is 20.3 Å². The van der Waals surface area contributed by atoms with Gasteiger partial charge in [0.15, 0.2) is 11.5 Å². The zero-order valence-electron chi connectivity index (χ0n) is 8.50. The highest BCUT2D eigenvalue weighted by atomic mass is 16.6. The van der Waals surface area contributed by atoms with E-state index in [1.807, 2.05) is 13.0 Å². The zero-order chi connectivity index (χ0) is 9.97. The van der Waals surface area contributed by atoms with Gasteiger partial charge in [-0.3, -0.25) is 0 Å². The van der Waals surface area contributed by atoms with Crippen LogP contribution in [0.4, 0.5) is 0 Å². The summed E-state index contributed by atoms with van der Waals surface area (Å²) in [5.74, 6) is 1.71. The van der Waals surface area contributed by atoms with E-state index in [9.17, 15) is 0 Å². The van der Waals surface area contributed by atoms with Crippen molar-refractivity contribution >= 4 is 0 Å². The summed E-state index contributed by atoms with van der Waals surface area (Å²) in [6.07, 6.45) is 0. The van der Waals surface area contributed by atoms with Crippen LogP contribution in [0.1, 0.15) is 11.1 Å². The summed E-state index contributed by atoms with van der Waals surface area (Å²) >= 11 is 0. The van der Waals surface area contributed by atoms with Crippen molar-refractivity contribution in [3.8, 4) is 11.5 Å². The molecular formula is C11H14O3. The lowest BCUT2D eigenvalue weighted by molar-refractivity contribution is 0.166. The molecular weight excluding hydrogens is 180 g/mol. The minimum Gasteiger partial charge on any atom is -0.486 e. The minimum absolute atomic E-state index is 0.609. The maximum absolute atomic E-state index is 5.52. The Bertz CT molecular complexity index is 334. The summed E-state index contributed by atoms with van der Waals surface area (Å²) in [6.45, 7) is 3.89. The van der Waals surface area contributed by atoms with Crippen LogP contribution in [-0.2, 0) is 11.3 Å². The van der Waals surface area contributed by atoms with Crippen LogP contribution in [0, 0.1) is 6.92 Å². The van der Waals surface area contributed by atoms with Crippen LogP contribution in [0.2, 0.25) is 0 Å². The number of hydrogen-bond acceptors (Lipinski definition) is 3. The molecule has 1 aliphatic rings. The first-order valence-electron chi connectivity index (χ1n) is 4.69. The second kappa shape index (κ2) is 3.88. The normalized spacial score (nSPS) is 14.1. The Labute approximate surface area is 83.6 Å². The number of aryl methyl sites for hydroxylation is 1. The fourth-order valence-electron chi connectivity index (χ4n) is 1.65. The van der Waals surface area contributed by atoms with E-state index in [1.165, 1.54) is 0 Å². The first kappa shape index (κ1) is 9.34. The fraction of sp³-hybridized carbons (Fsp3) is 0.455. The van der Waals surface area contributed by atoms with Crippen molar-refractivity contribution in [1.29, 1.82) is 0 Å². The van der Waals surface area contributed by atoms with E-state index >= 15 is 0 Å². The average molecular weight is 194 g/mol. The molecule has 0 atom stereocenters. The number of benzene rings is 1. The van der Waals surface area contributed by atoms with E-state index in [0.717, 1.165) is 22.6 Å². The SMILES string of the molecule is COCc1cc(C)c2c(c1)OCCO2. The van der Waals surface area contributed by atoms with Gasteiger partial charge >= 0.3 is 0 Å². The first-order valence-corrected chi connectivity index (χ1v) is 4.69. The molecule has 3 heteroatoms. The Morgan fingerprint density at radius 2 is 2.07 bits per heavy atom. The highest BCUT2D eigenvalue weighted by molar-refractivity contribution is 5.49. The summed E-state index contributed by atoms with van der Waals surface area (Å²) in [5, 5.41) is 0. The average Bonchev–Trinajstić information content (AvgIpc) is 2.18. The van der Waals surface area contributed by atoms with Gasteiger partial charge in [0.05, 0.1) is 6.61 Å². The van der Waals surface area contributed by atoms with E-state index in [4.69, 9.17) is 14.2 Å². The molecule has 0 radical (unpaired) electrons. The minimum atomic E-state index is 0.609. The Kier molecular flexibility index (Phi) is 2.59. The summed E-state index contributed by atoms with van der Waals surface area (Å²) in [5.41, 5.74) is 2.23. The van der Waals surface area contributed by atoms with Crippen LogP contribution >= 0.6 is 0 Å². The highest BCUT2D eigenvalue weighted by Crippen LogP contribution is 2.34. The second-order valence-electron chi connectivity index (χ2n) is 3.37. The fourth-order valence-corrected chi connectivity index (χ4v) is 1.65. The number of ether oxygens (including phenoxy) is 3. The maximum atomic E-state index is 5.52. The van der Waals surface area contributed by atoms with Crippen molar-refractivity contribution in [2.45, 2.75) is 13.5 Å². The van der Waals surface area contributed by atoms with E-state index in [0.29, 0.717) is 19.8 Å². The molecule has 0 unspecified atom stereocenters. The molecule has 1 aromatic rings. The molecule has 76 valence electrons. The van der Waals surface area contributed by atoms with Crippen LogP contribution in [0.5, 0.6) is 11.5 Å². The Hall–Kier alpha value is -1.22. The summed E-state index contributed by atoms with van der Waals surface area (Å²) in [6, 6.07) is 4.04. The molecule has 3 nitrogen and oxygen atoms in total. The summed E-state index contributed by atoms with van der Waals surface area (Å²) in [4.78, 5) is 0. The molecule has 2 rings (SSSR count). The molecule has 0 fully saturated rings. The smallest absolute Gasteiger partial charge is 0.164 e. The van der Waals surface area contributed by atoms with Crippen molar-refractivity contribution in [2.75, 3.05) is 20.3 Å². The molecule has 0 saturated heterocycles. The van der Waals surface area contributed by atoms with E-state index in [-0.39, 0.29) is 0 Å². The lowest BCUT2D eigenvalue weighted by Gasteiger charge is -2.20. The Morgan fingerprint density at radius 1 is 1.29 bits per heavy atom. The van der Waals surface area contributed by atoms with Gasteiger partial charge in [-0.1, -0.05) is 0 Å². The lowest BCUT2D eigenvalue weighted by Crippen LogP contribution is -2.16. The predicted octanol–water partition coefficient (Wildman–Crippen LogP) is 1.91. The largest absolute Gasteiger partial charge is 0.486 e. The van der Waals surface area contributed by atoms with Gasteiger partial charge in [0.25, 0.3) is 0 Å². The van der Waals surface area contributed by atoms with Gasteiger partial charge in [-0.05, 0) is 30.2 Å². The predicted molar refractivity (Wildman–Crippen MR) is 52.9 cm³/mol. The van der Waals surface area contributed by atoms with Crippen LogP contribution < -0.4 is 9.47 Å². The van der Waals surface area contributed by atoms with Gasteiger partial charge in [-0.15, -0.1) is 0 Å². The molecule has 0 spiro atoms. The Morgan fingerprint density at radius 3 is 2.86 bits per heavy atom. The zero-order valence-corrected chi connectivity index (χ0v) is 8.50. The van der Waals surface area contributed by atoms with Gasteiger partial charge in [-0.25, -0.2) is 0 Å². The maximum Gasteiger partial charge on any atom is 0.164 e. The van der Waals surface area contributed by atoms with Crippen molar-refractivity contribution in [2.24, 2.45) is 0 Å². The van der Waals surface area contributed by atoms with Crippen molar-refractivity contribution in [1.82, 2.24) is 0 Å². The van der Waals surface area contributed by atoms with Gasteiger partial charge in [0.1, 0.15) is 13.2 Å². The quantitative estimate of drug-likeness (QED) is 0.719. The second-order valence-corrected chi connectivity index (χ2v) is 3.37. The summed E-state index contributed by atoms with van der Waals surface area (Å²) < 4.78 is 16.1. The van der Waals surface area contributed by atoms with Crippen LogP contribution in [0.3, 0.4) is 0 Å².